The van der Waals surface area contributed by atoms with Gasteiger partial charge in [-0.3, -0.25) is 4.79 Å². The van der Waals surface area contributed by atoms with Crippen molar-refractivity contribution in [1.29, 1.82) is 0 Å². The molecule has 28 heavy (non-hydrogen) atoms. The Morgan fingerprint density at radius 2 is 1.57 bits per heavy atom. The van der Waals surface area contributed by atoms with Gasteiger partial charge in [0.15, 0.2) is 0 Å². The number of hydrogen-bond donors (Lipinski definition) is 1. The minimum absolute atomic E-state index is 0.0648. The van der Waals surface area contributed by atoms with Crippen molar-refractivity contribution < 1.29 is 9.53 Å². The molecule has 4 heteroatoms. The van der Waals surface area contributed by atoms with E-state index in [0.29, 0.717) is 18.9 Å². The van der Waals surface area contributed by atoms with Crippen LogP contribution in [0.2, 0.25) is 0 Å². The van der Waals surface area contributed by atoms with E-state index in [2.05, 4.69) is 53.8 Å². The van der Waals surface area contributed by atoms with Gasteiger partial charge < -0.3 is 10.1 Å². The lowest BCUT2D eigenvalue weighted by molar-refractivity contribution is -0.128. The van der Waals surface area contributed by atoms with Gasteiger partial charge >= 0.3 is 0 Å². The van der Waals surface area contributed by atoms with Crippen LogP contribution in [0, 0.1) is 5.92 Å². The molecular weight excluding hydrogens is 366 g/mol. The second-order valence-corrected chi connectivity index (χ2v) is 9.96. The minimum Gasteiger partial charge on any atom is -0.373 e. The number of nitrogens with one attached hydrogen (secondary N) is 1. The Morgan fingerprint density at radius 3 is 2.07 bits per heavy atom. The normalized spacial score (nSPS) is 12.6. The quantitative estimate of drug-likeness (QED) is 0.245. The molecule has 0 heterocycles. The van der Waals surface area contributed by atoms with Gasteiger partial charge in [0, 0.05) is 6.42 Å². The van der Waals surface area contributed by atoms with Crippen molar-refractivity contribution in [2.45, 2.75) is 124 Å². The molecule has 0 unspecified atom stereocenters. The molecule has 0 atom stereocenters. The van der Waals surface area contributed by atoms with E-state index in [1.54, 1.807) is 0 Å². The molecule has 1 amide bonds. The van der Waals surface area contributed by atoms with E-state index < -0.39 is 0 Å². The Kier molecular flexibility index (Phi) is 15.5. The highest BCUT2D eigenvalue weighted by Crippen LogP contribution is 2.31. The largest absolute Gasteiger partial charge is 0.373 e. The van der Waals surface area contributed by atoms with E-state index >= 15 is 0 Å². The van der Waals surface area contributed by atoms with Crippen LogP contribution in [0.25, 0.3) is 0 Å². The second-order valence-electron chi connectivity index (χ2n) is 8.74. The summed E-state index contributed by atoms with van der Waals surface area (Å²) in [5, 5.41) is 3.35. The molecule has 0 bridgehead atoms. The molecule has 1 N–H and O–H groups in total. The lowest BCUT2D eigenvalue weighted by Gasteiger charge is -2.40. The van der Waals surface area contributed by atoms with Crippen LogP contribution in [0.5, 0.6) is 0 Å². The van der Waals surface area contributed by atoms with E-state index in [1.807, 2.05) is 11.8 Å². The Balaban J connectivity index is 4.57. The number of ether oxygens (including phenoxy) is 1. The predicted molar refractivity (Wildman–Crippen MR) is 126 cm³/mol. The maximum absolute atomic E-state index is 12.6. The number of thioether (sulfide) groups is 1. The summed E-state index contributed by atoms with van der Waals surface area (Å²) in [6, 6.07) is 0. The van der Waals surface area contributed by atoms with Crippen molar-refractivity contribution in [2.75, 3.05) is 18.1 Å². The summed E-state index contributed by atoms with van der Waals surface area (Å²) in [6.45, 7) is 16.2. The Morgan fingerprint density at radius 1 is 0.929 bits per heavy atom. The average Bonchev–Trinajstić information content (AvgIpc) is 2.69. The van der Waals surface area contributed by atoms with Gasteiger partial charge in [-0.05, 0) is 68.8 Å². The smallest absolute Gasteiger partial charge is 0.220 e. The van der Waals surface area contributed by atoms with Gasteiger partial charge in [-0.15, -0.1) is 0 Å². The van der Waals surface area contributed by atoms with Crippen LogP contribution in [0.1, 0.15) is 113 Å². The molecule has 0 saturated heterocycles. The molecule has 3 nitrogen and oxygen atoms in total. The third kappa shape index (κ3) is 11.1. The van der Waals surface area contributed by atoms with Gasteiger partial charge in [-0.2, -0.15) is 11.8 Å². The van der Waals surface area contributed by atoms with Gasteiger partial charge in [-0.1, -0.05) is 54.9 Å². The zero-order valence-electron chi connectivity index (χ0n) is 20.0. The van der Waals surface area contributed by atoms with E-state index in [0.717, 1.165) is 44.9 Å². The fourth-order valence-electron chi connectivity index (χ4n) is 3.78. The Labute approximate surface area is 180 Å². The van der Waals surface area contributed by atoms with Crippen LogP contribution < -0.4 is 5.32 Å². The van der Waals surface area contributed by atoms with Crippen LogP contribution in [0.4, 0.5) is 0 Å². The van der Waals surface area contributed by atoms with Crippen molar-refractivity contribution in [3.05, 3.63) is 0 Å². The number of unbranched alkanes of at least 4 members (excludes halogenated alkanes) is 2. The summed E-state index contributed by atoms with van der Waals surface area (Å²) in [7, 11) is 0. The SMILES string of the molecule is CCCSCCCCCC(=O)NC(CC)(CC)COC(CC)(CC)CC(C)C. The summed E-state index contributed by atoms with van der Waals surface area (Å²) in [5.74, 6) is 3.28. The molecule has 0 aromatic heterocycles. The molecule has 0 aliphatic carbocycles. The second kappa shape index (κ2) is 15.6. The third-order valence-electron chi connectivity index (χ3n) is 6.02. The van der Waals surface area contributed by atoms with Crippen LogP contribution in [-0.4, -0.2) is 35.2 Å². The van der Waals surface area contributed by atoms with Crippen molar-refractivity contribution in [1.82, 2.24) is 5.32 Å². The van der Waals surface area contributed by atoms with E-state index in [4.69, 9.17) is 4.74 Å². The number of carbonyl (C=O) groups is 1. The van der Waals surface area contributed by atoms with Gasteiger partial charge in [0.25, 0.3) is 0 Å². The van der Waals surface area contributed by atoms with Gasteiger partial charge in [0.2, 0.25) is 5.91 Å². The van der Waals surface area contributed by atoms with E-state index in [9.17, 15) is 4.79 Å². The third-order valence-corrected chi connectivity index (χ3v) is 7.30. The van der Waals surface area contributed by atoms with Crippen molar-refractivity contribution in [3.8, 4) is 0 Å². The van der Waals surface area contributed by atoms with Crippen molar-refractivity contribution in [2.24, 2.45) is 5.92 Å². The highest BCUT2D eigenvalue weighted by Gasteiger charge is 2.34. The number of rotatable bonds is 18. The maximum atomic E-state index is 12.6. The van der Waals surface area contributed by atoms with Gasteiger partial charge in [0.05, 0.1) is 17.7 Å². The summed E-state index contributed by atoms with van der Waals surface area (Å²) >= 11 is 2.03. The molecule has 0 spiro atoms. The summed E-state index contributed by atoms with van der Waals surface area (Å²) in [6.07, 6.45) is 10.2. The Hall–Kier alpha value is -0.220. The lowest BCUT2D eigenvalue weighted by atomic mass is 9.86. The first kappa shape index (κ1) is 27.8. The van der Waals surface area contributed by atoms with E-state index in [1.165, 1.54) is 24.3 Å². The number of hydrogen-bond acceptors (Lipinski definition) is 3. The molecule has 0 aromatic carbocycles. The zero-order chi connectivity index (χ0) is 21.5. The van der Waals surface area contributed by atoms with Gasteiger partial charge in [0.1, 0.15) is 0 Å². The van der Waals surface area contributed by atoms with E-state index in [-0.39, 0.29) is 17.0 Å². The van der Waals surface area contributed by atoms with Crippen LogP contribution in [0.15, 0.2) is 0 Å². The molecule has 168 valence electrons. The monoisotopic (exact) mass is 415 g/mol. The van der Waals surface area contributed by atoms with Crippen molar-refractivity contribution in [3.63, 3.8) is 0 Å². The minimum atomic E-state index is -0.235. The molecule has 0 rings (SSSR count). The topological polar surface area (TPSA) is 38.3 Å². The first-order valence-corrected chi connectivity index (χ1v) is 13.0. The van der Waals surface area contributed by atoms with Gasteiger partial charge in [-0.25, -0.2) is 0 Å². The number of carbonyl (C=O) groups excluding carboxylic acids is 1. The first-order chi connectivity index (χ1) is 13.3. The molecular formula is C24H49NO2S. The fourth-order valence-corrected chi connectivity index (χ4v) is 4.68. The average molecular weight is 416 g/mol. The number of amides is 1. The van der Waals surface area contributed by atoms with Crippen molar-refractivity contribution >= 4 is 17.7 Å². The molecule has 0 fully saturated rings. The summed E-state index contributed by atoms with van der Waals surface area (Å²) < 4.78 is 6.55. The standard InChI is InChI=1S/C24H49NO2S/c1-8-17-28-18-15-13-14-16-22(26)25-23(9-2,10-3)20-27-24(11-4,12-5)19-21(6)7/h21H,8-20H2,1-7H3,(H,25,26). The fraction of sp³-hybridized carbons (Fsp3) is 0.958. The molecule has 0 aliphatic rings. The predicted octanol–water partition coefficient (Wildman–Crippen LogP) is 6.99. The maximum Gasteiger partial charge on any atom is 0.220 e. The molecule has 0 radical (unpaired) electrons. The summed E-state index contributed by atoms with van der Waals surface area (Å²) in [5.41, 5.74) is -0.300. The molecule has 0 aromatic rings. The highest BCUT2D eigenvalue weighted by atomic mass is 32.2. The molecule has 0 saturated carbocycles. The Bertz CT molecular complexity index is 390. The molecule has 0 aliphatic heterocycles. The van der Waals surface area contributed by atoms with Crippen LogP contribution in [0.3, 0.4) is 0 Å². The van der Waals surface area contributed by atoms with Crippen LogP contribution >= 0.6 is 11.8 Å². The lowest BCUT2D eigenvalue weighted by Crippen LogP contribution is -2.53. The zero-order valence-corrected chi connectivity index (χ0v) is 20.8. The van der Waals surface area contributed by atoms with Crippen LogP contribution in [-0.2, 0) is 9.53 Å². The first-order valence-electron chi connectivity index (χ1n) is 11.8. The highest BCUT2D eigenvalue weighted by molar-refractivity contribution is 7.99. The summed E-state index contributed by atoms with van der Waals surface area (Å²) in [4.78, 5) is 12.6.